The number of sulfone groups is 1. The monoisotopic (exact) mass is 306 g/mol. The van der Waals surface area contributed by atoms with Crippen LogP contribution in [-0.4, -0.2) is 49.8 Å². The van der Waals surface area contributed by atoms with Gasteiger partial charge in [-0.1, -0.05) is 11.6 Å². The standard InChI is InChI=1S/C10H15ClN4O3S/c1-15(5-6-19(2,17)18)10(16)9-7(11)3-4-8(13-9)14-12/h3-4H,5-6,12H2,1-2H3,(H,13,14). The zero-order chi connectivity index (χ0) is 14.6. The molecule has 1 aromatic heterocycles. The molecule has 9 heteroatoms. The van der Waals surface area contributed by atoms with Gasteiger partial charge in [0.15, 0.2) is 0 Å². The number of halogens is 1. The van der Waals surface area contributed by atoms with Crippen LogP contribution >= 0.6 is 11.6 Å². The average molecular weight is 307 g/mol. The van der Waals surface area contributed by atoms with Crippen LogP contribution in [0.1, 0.15) is 10.5 Å². The second kappa shape index (κ2) is 6.18. The van der Waals surface area contributed by atoms with Gasteiger partial charge < -0.3 is 10.3 Å². The highest BCUT2D eigenvalue weighted by molar-refractivity contribution is 7.90. The van der Waals surface area contributed by atoms with Gasteiger partial charge in [-0.2, -0.15) is 0 Å². The molecule has 3 N–H and O–H groups in total. The highest BCUT2D eigenvalue weighted by atomic mass is 35.5. The fourth-order valence-electron chi connectivity index (χ4n) is 1.26. The number of rotatable bonds is 5. The largest absolute Gasteiger partial charge is 0.339 e. The molecule has 0 fully saturated rings. The summed E-state index contributed by atoms with van der Waals surface area (Å²) >= 11 is 5.89. The highest BCUT2D eigenvalue weighted by Crippen LogP contribution is 2.17. The fourth-order valence-corrected chi connectivity index (χ4v) is 2.05. The Bertz CT molecular complexity index is 576. The Morgan fingerprint density at radius 3 is 2.68 bits per heavy atom. The zero-order valence-corrected chi connectivity index (χ0v) is 12.1. The molecule has 0 saturated heterocycles. The number of amides is 1. The number of carbonyl (C=O) groups excluding carboxylic acids is 1. The molecule has 1 rings (SSSR count). The van der Waals surface area contributed by atoms with Gasteiger partial charge in [0, 0.05) is 19.8 Å². The number of anilines is 1. The third-order valence-electron chi connectivity index (χ3n) is 2.34. The fraction of sp³-hybridized carbons (Fsp3) is 0.400. The lowest BCUT2D eigenvalue weighted by molar-refractivity contribution is 0.0798. The summed E-state index contributed by atoms with van der Waals surface area (Å²) in [4.78, 5) is 17.3. The number of hydrogen-bond acceptors (Lipinski definition) is 6. The van der Waals surface area contributed by atoms with Crippen LogP contribution in [0.25, 0.3) is 0 Å². The minimum absolute atomic E-state index is 0.0214. The van der Waals surface area contributed by atoms with Crippen molar-refractivity contribution in [3.8, 4) is 0 Å². The Kier molecular flexibility index (Phi) is 5.10. The van der Waals surface area contributed by atoms with Crippen LogP contribution in [0, 0.1) is 0 Å². The number of nitrogens with zero attached hydrogens (tertiary/aromatic N) is 2. The molecule has 1 amide bonds. The summed E-state index contributed by atoms with van der Waals surface area (Å²) in [5.74, 6) is 4.91. The van der Waals surface area contributed by atoms with Crippen molar-refractivity contribution in [1.29, 1.82) is 0 Å². The molecule has 0 saturated carbocycles. The van der Waals surface area contributed by atoms with Crippen molar-refractivity contribution in [2.24, 2.45) is 5.84 Å². The number of hydrazine groups is 1. The van der Waals surface area contributed by atoms with Gasteiger partial charge in [-0.25, -0.2) is 19.2 Å². The van der Waals surface area contributed by atoms with E-state index >= 15 is 0 Å². The second-order valence-corrected chi connectivity index (χ2v) is 6.69. The number of nitrogens with one attached hydrogen (secondary N) is 1. The topological polar surface area (TPSA) is 105 Å². The Morgan fingerprint density at radius 1 is 1.53 bits per heavy atom. The van der Waals surface area contributed by atoms with Crippen LogP contribution in [0.2, 0.25) is 5.02 Å². The normalized spacial score (nSPS) is 11.2. The van der Waals surface area contributed by atoms with Gasteiger partial charge in [0.05, 0.1) is 10.8 Å². The summed E-state index contributed by atoms with van der Waals surface area (Å²) in [7, 11) is -1.66. The van der Waals surface area contributed by atoms with Crippen LogP contribution < -0.4 is 11.3 Å². The van der Waals surface area contributed by atoms with Gasteiger partial charge in [-0.3, -0.25) is 4.79 Å². The minimum atomic E-state index is -3.14. The number of nitrogens with two attached hydrogens (primary N) is 1. The van der Waals surface area contributed by atoms with Crippen molar-refractivity contribution in [2.45, 2.75) is 0 Å². The summed E-state index contributed by atoms with van der Waals surface area (Å²) in [6.45, 7) is 0.0654. The number of carbonyl (C=O) groups is 1. The number of hydrogen-bond donors (Lipinski definition) is 2. The molecule has 0 radical (unpaired) electrons. The van der Waals surface area contributed by atoms with Gasteiger partial charge in [-0.15, -0.1) is 0 Å². The van der Waals surface area contributed by atoms with Crippen LogP contribution in [0.15, 0.2) is 12.1 Å². The molecular weight excluding hydrogens is 292 g/mol. The lowest BCUT2D eigenvalue weighted by Crippen LogP contribution is -2.32. The molecule has 0 aromatic carbocycles. The van der Waals surface area contributed by atoms with Crippen molar-refractivity contribution in [1.82, 2.24) is 9.88 Å². The van der Waals surface area contributed by atoms with E-state index in [1.807, 2.05) is 0 Å². The first kappa shape index (κ1) is 15.7. The Morgan fingerprint density at radius 2 is 2.16 bits per heavy atom. The number of pyridine rings is 1. The molecule has 19 heavy (non-hydrogen) atoms. The minimum Gasteiger partial charge on any atom is -0.339 e. The predicted octanol–water partition coefficient (Wildman–Crippen LogP) is 0.137. The number of aromatic nitrogens is 1. The van der Waals surface area contributed by atoms with E-state index in [1.165, 1.54) is 24.1 Å². The van der Waals surface area contributed by atoms with Crippen LogP contribution in [0.5, 0.6) is 0 Å². The first-order valence-corrected chi connectivity index (χ1v) is 7.75. The summed E-state index contributed by atoms with van der Waals surface area (Å²) in [5.41, 5.74) is 2.33. The first-order valence-electron chi connectivity index (χ1n) is 5.31. The maximum Gasteiger partial charge on any atom is 0.273 e. The summed E-state index contributed by atoms with van der Waals surface area (Å²) in [6, 6.07) is 3.01. The van der Waals surface area contributed by atoms with Gasteiger partial charge >= 0.3 is 0 Å². The van der Waals surface area contributed by atoms with Crippen molar-refractivity contribution < 1.29 is 13.2 Å². The van der Waals surface area contributed by atoms with Gasteiger partial charge in [-0.05, 0) is 12.1 Å². The van der Waals surface area contributed by atoms with Crippen molar-refractivity contribution in [3.63, 3.8) is 0 Å². The lowest BCUT2D eigenvalue weighted by atomic mass is 10.3. The van der Waals surface area contributed by atoms with E-state index in [0.717, 1.165) is 6.26 Å². The molecule has 1 heterocycles. The van der Waals surface area contributed by atoms with E-state index in [2.05, 4.69) is 10.4 Å². The quantitative estimate of drug-likeness (QED) is 0.592. The SMILES string of the molecule is CN(CCS(C)(=O)=O)C(=O)c1nc(NN)ccc1Cl. The maximum atomic E-state index is 12.1. The average Bonchev–Trinajstić information content (AvgIpc) is 2.35. The smallest absolute Gasteiger partial charge is 0.273 e. The molecule has 0 atom stereocenters. The Labute approximate surface area is 116 Å². The maximum absolute atomic E-state index is 12.1. The molecule has 0 aliphatic carbocycles. The Balaban J connectivity index is 2.87. The van der Waals surface area contributed by atoms with Gasteiger partial charge in [0.1, 0.15) is 21.3 Å². The highest BCUT2D eigenvalue weighted by Gasteiger charge is 2.18. The van der Waals surface area contributed by atoms with Gasteiger partial charge in [0.2, 0.25) is 0 Å². The molecule has 0 aliphatic heterocycles. The third kappa shape index (κ3) is 4.66. The molecule has 0 bridgehead atoms. The van der Waals surface area contributed by atoms with E-state index in [4.69, 9.17) is 17.4 Å². The van der Waals surface area contributed by atoms with E-state index in [1.54, 1.807) is 0 Å². The molecule has 106 valence electrons. The first-order chi connectivity index (χ1) is 8.74. The van der Waals surface area contributed by atoms with Crippen LogP contribution in [0.4, 0.5) is 5.82 Å². The molecule has 0 unspecified atom stereocenters. The van der Waals surface area contributed by atoms with E-state index in [0.29, 0.717) is 5.82 Å². The summed E-state index contributed by atoms with van der Waals surface area (Å²) in [5, 5.41) is 0.176. The lowest BCUT2D eigenvalue weighted by Gasteiger charge is -2.17. The zero-order valence-electron chi connectivity index (χ0n) is 10.6. The molecule has 0 aliphatic rings. The van der Waals surface area contributed by atoms with Gasteiger partial charge in [0.25, 0.3) is 5.91 Å². The third-order valence-corrected chi connectivity index (χ3v) is 3.57. The van der Waals surface area contributed by atoms with Crippen molar-refractivity contribution >= 4 is 33.2 Å². The van der Waals surface area contributed by atoms with Crippen molar-refractivity contribution in [2.75, 3.05) is 31.0 Å². The molecular formula is C10H15ClN4O3S. The predicted molar refractivity (Wildman–Crippen MR) is 73.7 cm³/mol. The van der Waals surface area contributed by atoms with E-state index in [9.17, 15) is 13.2 Å². The van der Waals surface area contributed by atoms with Crippen LogP contribution in [0.3, 0.4) is 0 Å². The second-order valence-electron chi connectivity index (χ2n) is 4.03. The number of nitrogen functional groups attached to an aromatic ring is 1. The van der Waals surface area contributed by atoms with Crippen molar-refractivity contribution in [3.05, 3.63) is 22.8 Å². The molecule has 7 nitrogen and oxygen atoms in total. The Hall–Kier alpha value is -1.38. The molecule has 1 aromatic rings. The van der Waals surface area contributed by atoms with E-state index < -0.39 is 15.7 Å². The summed E-state index contributed by atoms with van der Waals surface area (Å²) in [6.07, 6.45) is 1.11. The van der Waals surface area contributed by atoms with E-state index in [-0.39, 0.29) is 23.0 Å². The van der Waals surface area contributed by atoms with Crippen LogP contribution in [-0.2, 0) is 9.84 Å². The molecule has 0 spiro atoms. The summed E-state index contributed by atoms with van der Waals surface area (Å²) < 4.78 is 22.1.